The molecule has 6 nitrogen and oxygen atoms in total. The summed E-state index contributed by atoms with van der Waals surface area (Å²) in [5.41, 5.74) is -0.501. The van der Waals surface area contributed by atoms with E-state index in [0.717, 1.165) is 18.2 Å². The summed E-state index contributed by atoms with van der Waals surface area (Å²) in [6.07, 6.45) is 0. The third-order valence-corrected chi connectivity index (χ3v) is 3.03. The van der Waals surface area contributed by atoms with E-state index in [0.29, 0.717) is 0 Å². The predicted molar refractivity (Wildman–Crippen MR) is 69.8 cm³/mol. The van der Waals surface area contributed by atoms with Crippen LogP contribution in [0.1, 0.15) is 21.5 Å². The number of ether oxygens (including phenoxy) is 1. The minimum Gasteiger partial charge on any atom is -0.872 e. The lowest BCUT2D eigenvalue weighted by molar-refractivity contribution is -0.281. The smallest absolute Gasteiger partial charge is 0.195 e. The summed E-state index contributed by atoms with van der Waals surface area (Å²) >= 11 is 0. The lowest BCUT2D eigenvalue weighted by atomic mass is 9.96. The maximum atomic E-state index is 12.4. The Morgan fingerprint density at radius 1 is 1.05 bits per heavy atom. The molecule has 2 aromatic rings. The van der Waals surface area contributed by atoms with E-state index < -0.39 is 28.6 Å². The highest BCUT2D eigenvalue weighted by atomic mass is 16.5. The van der Waals surface area contributed by atoms with E-state index in [4.69, 9.17) is 4.74 Å². The van der Waals surface area contributed by atoms with E-state index in [1.165, 1.54) is 20.1 Å². The van der Waals surface area contributed by atoms with Gasteiger partial charge in [-0.1, -0.05) is 11.5 Å². The molecule has 2 N–H and O–H groups in total. The fourth-order valence-electron chi connectivity index (χ4n) is 2.08. The fraction of sp³-hybridized carbons (Fsp3) is 0.133. The maximum Gasteiger partial charge on any atom is 0.195 e. The highest BCUT2D eigenvalue weighted by molar-refractivity contribution is 6.14. The quantitative estimate of drug-likeness (QED) is 0.807. The van der Waals surface area contributed by atoms with Crippen LogP contribution in [-0.2, 0) is 0 Å². The van der Waals surface area contributed by atoms with Gasteiger partial charge in [0, 0.05) is 11.6 Å². The summed E-state index contributed by atoms with van der Waals surface area (Å²) in [7, 11) is 1.30. The Hall–Kier alpha value is -2.89. The number of aryl methyl sites for hydroxylation is 1. The Kier molecular flexibility index (Phi) is 3.62. The molecule has 0 heterocycles. The van der Waals surface area contributed by atoms with Crippen LogP contribution in [0.15, 0.2) is 24.3 Å². The van der Waals surface area contributed by atoms with Gasteiger partial charge in [-0.25, -0.2) is 0 Å². The van der Waals surface area contributed by atoms with Crippen LogP contribution < -0.4 is 14.9 Å². The van der Waals surface area contributed by atoms with Gasteiger partial charge in [-0.05, 0) is 30.7 Å². The predicted octanol–water partition coefficient (Wildman–Crippen LogP) is 0.793. The molecular formula is C15H12O6-2. The van der Waals surface area contributed by atoms with Crippen molar-refractivity contribution in [2.45, 2.75) is 6.92 Å². The number of ketones is 1. The minimum atomic E-state index is -0.886. The number of hydrogen-bond donors (Lipinski definition) is 2. The molecule has 0 aromatic heterocycles. The first-order valence-electron chi connectivity index (χ1n) is 5.98. The van der Waals surface area contributed by atoms with Crippen molar-refractivity contribution in [1.82, 2.24) is 0 Å². The molecule has 0 atom stereocenters. The van der Waals surface area contributed by atoms with E-state index in [1.54, 1.807) is 0 Å². The van der Waals surface area contributed by atoms with Gasteiger partial charge in [-0.15, -0.1) is 0 Å². The van der Waals surface area contributed by atoms with Crippen molar-refractivity contribution in [2.24, 2.45) is 0 Å². The van der Waals surface area contributed by atoms with Gasteiger partial charge in [0.25, 0.3) is 0 Å². The van der Waals surface area contributed by atoms with Gasteiger partial charge in [0.15, 0.2) is 5.78 Å². The number of phenols is 2. The molecule has 0 saturated carbocycles. The average Bonchev–Trinajstić information content (AvgIpc) is 2.36. The summed E-state index contributed by atoms with van der Waals surface area (Å²) in [4.78, 5) is 12.4. The van der Waals surface area contributed by atoms with Crippen molar-refractivity contribution in [3.63, 3.8) is 0 Å². The van der Waals surface area contributed by atoms with Crippen LogP contribution in [0, 0.1) is 6.92 Å². The molecular weight excluding hydrogens is 276 g/mol. The fourth-order valence-corrected chi connectivity index (χ4v) is 2.08. The number of phenolic OH excluding ortho intramolecular Hbond substituents is 2. The number of carbonyl (C=O) groups is 1. The molecule has 2 aromatic carbocycles. The van der Waals surface area contributed by atoms with E-state index >= 15 is 0 Å². The van der Waals surface area contributed by atoms with Gasteiger partial charge in [0.1, 0.15) is 17.2 Å². The first-order valence-corrected chi connectivity index (χ1v) is 5.98. The second-order valence-electron chi connectivity index (χ2n) is 4.48. The van der Waals surface area contributed by atoms with Crippen LogP contribution in [0.5, 0.6) is 28.7 Å². The normalized spacial score (nSPS) is 10.4. The Balaban J connectivity index is 2.61. The zero-order valence-corrected chi connectivity index (χ0v) is 11.3. The molecule has 0 aliphatic heterocycles. The van der Waals surface area contributed by atoms with Gasteiger partial charge >= 0.3 is 0 Å². The molecule has 0 amide bonds. The van der Waals surface area contributed by atoms with Crippen molar-refractivity contribution < 1.29 is 30.0 Å². The summed E-state index contributed by atoms with van der Waals surface area (Å²) in [6, 6.07) is 4.28. The van der Waals surface area contributed by atoms with E-state index in [9.17, 15) is 25.2 Å². The summed E-state index contributed by atoms with van der Waals surface area (Å²) < 4.78 is 4.79. The highest BCUT2D eigenvalue weighted by Crippen LogP contribution is 2.35. The van der Waals surface area contributed by atoms with E-state index in [2.05, 4.69) is 0 Å². The van der Waals surface area contributed by atoms with Crippen molar-refractivity contribution >= 4 is 5.78 Å². The molecule has 21 heavy (non-hydrogen) atoms. The first kappa shape index (κ1) is 14.5. The number of benzene rings is 2. The van der Waals surface area contributed by atoms with Gasteiger partial charge in [-0.2, -0.15) is 0 Å². The van der Waals surface area contributed by atoms with Crippen LogP contribution in [0.2, 0.25) is 0 Å². The minimum absolute atomic E-state index is 0.0631. The van der Waals surface area contributed by atoms with Gasteiger partial charge in [0.05, 0.1) is 12.7 Å². The Morgan fingerprint density at radius 3 is 2.10 bits per heavy atom. The molecule has 6 heteroatoms. The summed E-state index contributed by atoms with van der Waals surface area (Å²) in [6.45, 7) is 1.48. The van der Waals surface area contributed by atoms with Gasteiger partial charge < -0.3 is 25.2 Å². The van der Waals surface area contributed by atoms with E-state index in [1.807, 2.05) is 0 Å². The van der Waals surface area contributed by atoms with Crippen LogP contribution >= 0.6 is 0 Å². The first-order chi connectivity index (χ1) is 9.85. The third kappa shape index (κ3) is 2.55. The standard InChI is InChI=1S/C15H14O6/c1-7-3-8(16)4-10(17)13(7)15(20)14-11(18)5-9(21-2)6-12(14)19/h3-6,16-19H,1-2H3/p-2. The monoisotopic (exact) mass is 288 g/mol. The number of aromatic hydroxyl groups is 2. The number of methoxy groups -OCH3 is 1. The van der Waals surface area contributed by atoms with Crippen LogP contribution in [0.4, 0.5) is 0 Å². The lowest BCUT2D eigenvalue weighted by Gasteiger charge is -2.22. The number of carbonyl (C=O) groups excluding carboxylic acids is 1. The van der Waals surface area contributed by atoms with Crippen molar-refractivity contribution in [2.75, 3.05) is 7.11 Å². The van der Waals surface area contributed by atoms with Crippen LogP contribution in [0.25, 0.3) is 0 Å². The molecule has 2 rings (SSSR count). The SMILES string of the molecule is COc1cc([O-])c(C(=O)c2c(C)cc(O)cc2O)c([O-])c1. The summed E-state index contributed by atoms with van der Waals surface area (Å²) in [5.74, 6) is -3.10. The van der Waals surface area contributed by atoms with Crippen LogP contribution in [0.3, 0.4) is 0 Å². The topological polar surface area (TPSA) is 113 Å². The van der Waals surface area contributed by atoms with E-state index in [-0.39, 0.29) is 22.6 Å². The number of rotatable bonds is 3. The van der Waals surface area contributed by atoms with Gasteiger partial charge in [0.2, 0.25) is 0 Å². The Morgan fingerprint density at radius 2 is 1.62 bits per heavy atom. The molecule has 0 fully saturated rings. The average molecular weight is 288 g/mol. The second-order valence-corrected chi connectivity index (χ2v) is 4.48. The van der Waals surface area contributed by atoms with Crippen molar-refractivity contribution in [3.05, 3.63) is 41.0 Å². The lowest BCUT2D eigenvalue weighted by Crippen LogP contribution is -2.12. The van der Waals surface area contributed by atoms with Crippen LogP contribution in [-0.4, -0.2) is 23.1 Å². The highest BCUT2D eigenvalue weighted by Gasteiger charge is 2.19. The molecule has 0 bridgehead atoms. The largest absolute Gasteiger partial charge is 0.872 e. The molecule has 0 aliphatic rings. The molecule has 0 spiro atoms. The summed E-state index contributed by atoms with van der Waals surface area (Å²) in [5, 5.41) is 42.9. The molecule has 0 radical (unpaired) electrons. The Labute approximate surface area is 120 Å². The third-order valence-electron chi connectivity index (χ3n) is 3.03. The molecule has 0 saturated heterocycles. The van der Waals surface area contributed by atoms with Crippen molar-refractivity contribution in [1.29, 1.82) is 0 Å². The zero-order chi connectivity index (χ0) is 15.7. The van der Waals surface area contributed by atoms with Gasteiger partial charge in [-0.3, -0.25) is 4.79 Å². The second kappa shape index (κ2) is 5.24. The molecule has 0 aliphatic carbocycles. The maximum absolute atomic E-state index is 12.4. The number of hydrogen-bond acceptors (Lipinski definition) is 6. The molecule has 110 valence electrons. The Bertz CT molecular complexity index is 674. The molecule has 0 unspecified atom stereocenters. The van der Waals surface area contributed by atoms with Crippen molar-refractivity contribution in [3.8, 4) is 28.7 Å². The zero-order valence-electron chi connectivity index (χ0n) is 11.3.